The van der Waals surface area contributed by atoms with E-state index in [9.17, 15) is 9.67 Å². The molecule has 0 radical (unpaired) electrons. The minimum atomic E-state index is -2.73. The molecule has 0 aliphatic heterocycles. The fourth-order valence-corrected chi connectivity index (χ4v) is 4.84. The summed E-state index contributed by atoms with van der Waals surface area (Å²) < 4.78 is 13.3. The van der Waals surface area contributed by atoms with E-state index >= 15 is 0 Å². The van der Waals surface area contributed by atoms with Crippen molar-refractivity contribution >= 4 is 17.8 Å². The first-order chi connectivity index (χ1) is 8.63. The Morgan fingerprint density at radius 3 is 1.67 bits per heavy atom. The second-order valence-electron chi connectivity index (χ2n) is 4.44. The Morgan fingerprint density at radius 2 is 1.33 bits per heavy atom. The maximum absolute atomic E-state index is 13.3. The highest BCUT2D eigenvalue weighted by Gasteiger charge is 2.28. The van der Waals surface area contributed by atoms with Gasteiger partial charge in [-0.2, -0.15) is 0 Å². The SMILES string of the molecule is C[C@@H](O)CP(=O)(c1ccccc1)c1ccccc1. The smallest absolute Gasteiger partial charge is 0.145 e. The van der Waals surface area contributed by atoms with Crippen molar-refractivity contribution in [2.24, 2.45) is 0 Å². The fourth-order valence-electron chi connectivity index (χ4n) is 2.07. The van der Waals surface area contributed by atoms with Crippen LogP contribution in [0.15, 0.2) is 60.7 Å². The van der Waals surface area contributed by atoms with Gasteiger partial charge in [0.1, 0.15) is 7.14 Å². The van der Waals surface area contributed by atoms with Crippen molar-refractivity contribution in [2.75, 3.05) is 6.16 Å². The zero-order chi connectivity index (χ0) is 13.0. The molecule has 0 spiro atoms. The molecule has 0 aliphatic carbocycles. The Morgan fingerprint density at radius 1 is 0.944 bits per heavy atom. The first-order valence-electron chi connectivity index (χ1n) is 6.01. The van der Waals surface area contributed by atoms with Crippen LogP contribution in [0.1, 0.15) is 6.92 Å². The largest absolute Gasteiger partial charge is 0.393 e. The van der Waals surface area contributed by atoms with Gasteiger partial charge >= 0.3 is 0 Å². The average Bonchev–Trinajstić information content (AvgIpc) is 2.40. The summed E-state index contributed by atoms with van der Waals surface area (Å²) in [7, 11) is -2.73. The van der Waals surface area contributed by atoms with Crippen molar-refractivity contribution in [3.05, 3.63) is 60.7 Å². The molecule has 0 aliphatic rings. The van der Waals surface area contributed by atoms with Gasteiger partial charge in [0.25, 0.3) is 0 Å². The van der Waals surface area contributed by atoms with Crippen molar-refractivity contribution in [3.8, 4) is 0 Å². The van der Waals surface area contributed by atoms with E-state index in [0.29, 0.717) is 0 Å². The lowest BCUT2D eigenvalue weighted by atomic mass is 10.4. The molecule has 18 heavy (non-hydrogen) atoms. The topological polar surface area (TPSA) is 37.3 Å². The highest BCUT2D eigenvalue weighted by atomic mass is 31.2. The molecule has 2 aromatic carbocycles. The number of aliphatic hydroxyl groups excluding tert-OH is 1. The summed E-state index contributed by atoms with van der Waals surface area (Å²) in [6, 6.07) is 18.8. The van der Waals surface area contributed by atoms with Gasteiger partial charge in [0.2, 0.25) is 0 Å². The zero-order valence-electron chi connectivity index (χ0n) is 10.4. The van der Waals surface area contributed by atoms with Crippen LogP contribution in [0.25, 0.3) is 0 Å². The summed E-state index contributed by atoms with van der Waals surface area (Å²) in [5.41, 5.74) is 0. The van der Waals surface area contributed by atoms with Crippen molar-refractivity contribution in [1.29, 1.82) is 0 Å². The molecule has 0 amide bonds. The van der Waals surface area contributed by atoms with Gasteiger partial charge in [-0.1, -0.05) is 60.7 Å². The van der Waals surface area contributed by atoms with Gasteiger partial charge in [0.05, 0.1) is 6.10 Å². The van der Waals surface area contributed by atoms with E-state index in [-0.39, 0.29) is 6.16 Å². The van der Waals surface area contributed by atoms with Gasteiger partial charge in [-0.15, -0.1) is 0 Å². The lowest BCUT2D eigenvalue weighted by Gasteiger charge is -2.20. The predicted molar refractivity (Wildman–Crippen MR) is 76.3 cm³/mol. The predicted octanol–water partition coefficient (Wildman–Crippen LogP) is 2.38. The number of hydrogen-bond acceptors (Lipinski definition) is 2. The summed E-state index contributed by atoms with van der Waals surface area (Å²) in [6.45, 7) is 1.68. The molecule has 0 bridgehead atoms. The molecule has 2 rings (SSSR count). The molecule has 2 nitrogen and oxygen atoms in total. The number of rotatable bonds is 4. The molecule has 1 N–H and O–H groups in total. The standard InChI is InChI=1S/C15H17O2P/c1-13(16)12-18(17,14-8-4-2-5-9-14)15-10-6-3-7-11-15/h2-11,13,16H,12H2,1H3/t13-/m1/s1. The number of hydrogen-bond donors (Lipinski definition) is 1. The monoisotopic (exact) mass is 260 g/mol. The van der Waals surface area contributed by atoms with Crippen LogP contribution in [0.4, 0.5) is 0 Å². The van der Waals surface area contributed by atoms with Crippen LogP contribution < -0.4 is 10.6 Å². The maximum Gasteiger partial charge on any atom is 0.145 e. The van der Waals surface area contributed by atoms with Gasteiger partial charge in [-0.25, -0.2) is 0 Å². The third kappa shape index (κ3) is 2.72. The van der Waals surface area contributed by atoms with Crippen molar-refractivity contribution in [1.82, 2.24) is 0 Å². The van der Waals surface area contributed by atoms with Gasteiger partial charge in [-0.3, -0.25) is 0 Å². The summed E-state index contributed by atoms with van der Waals surface area (Å²) in [4.78, 5) is 0. The highest BCUT2D eigenvalue weighted by molar-refractivity contribution is 7.78. The molecule has 94 valence electrons. The Balaban J connectivity index is 2.52. The van der Waals surface area contributed by atoms with E-state index in [4.69, 9.17) is 0 Å². The first kappa shape index (κ1) is 13.1. The zero-order valence-corrected chi connectivity index (χ0v) is 11.3. The van der Waals surface area contributed by atoms with Crippen LogP contribution in [-0.4, -0.2) is 17.4 Å². The van der Waals surface area contributed by atoms with Gasteiger partial charge < -0.3 is 9.67 Å². The number of benzene rings is 2. The molecular formula is C15H17O2P. The van der Waals surface area contributed by atoms with Crippen LogP contribution in [0, 0.1) is 0 Å². The lowest BCUT2D eigenvalue weighted by Crippen LogP contribution is -2.23. The Hall–Kier alpha value is -1.37. The third-order valence-corrected chi connectivity index (χ3v) is 6.18. The first-order valence-corrected chi connectivity index (χ1v) is 7.90. The van der Waals surface area contributed by atoms with Crippen molar-refractivity contribution in [2.45, 2.75) is 13.0 Å². The molecule has 0 unspecified atom stereocenters. The molecule has 3 heteroatoms. The van der Waals surface area contributed by atoms with Crippen molar-refractivity contribution < 1.29 is 9.67 Å². The van der Waals surface area contributed by atoms with Crippen LogP contribution in [-0.2, 0) is 4.57 Å². The molecule has 0 fully saturated rings. The minimum Gasteiger partial charge on any atom is -0.393 e. The fraction of sp³-hybridized carbons (Fsp3) is 0.200. The molecule has 0 heterocycles. The van der Waals surface area contributed by atoms with E-state index in [2.05, 4.69) is 0 Å². The minimum absolute atomic E-state index is 0.279. The van der Waals surface area contributed by atoms with Gasteiger partial charge in [0.15, 0.2) is 0 Å². The van der Waals surface area contributed by atoms with E-state index in [0.717, 1.165) is 10.6 Å². The van der Waals surface area contributed by atoms with E-state index in [1.54, 1.807) is 6.92 Å². The second kappa shape index (κ2) is 5.51. The lowest BCUT2D eigenvalue weighted by molar-refractivity contribution is 0.218. The molecule has 1 atom stereocenters. The quantitative estimate of drug-likeness (QED) is 0.857. The third-order valence-electron chi connectivity index (χ3n) is 2.87. The summed E-state index contributed by atoms with van der Waals surface area (Å²) in [6.07, 6.45) is -0.308. The van der Waals surface area contributed by atoms with E-state index in [1.807, 2.05) is 60.7 Å². The highest BCUT2D eigenvalue weighted by Crippen LogP contribution is 2.43. The second-order valence-corrected chi connectivity index (χ2v) is 7.32. The van der Waals surface area contributed by atoms with Crippen LogP contribution in [0.5, 0.6) is 0 Å². The molecule has 0 saturated heterocycles. The Labute approximate surface area is 108 Å². The molecule has 0 aromatic heterocycles. The summed E-state index contributed by atoms with van der Waals surface area (Å²) in [5, 5.41) is 11.2. The normalized spacial score (nSPS) is 13.2. The van der Waals surface area contributed by atoms with Crippen molar-refractivity contribution in [3.63, 3.8) is 0 Å². The van der Waals surface area contributed by atoms with E-state index in [1.165, 1.54) is 0 Å². The number of aliphatic hydroxyl groups is 1. The van der Waals surface area contributed by atoms with E-state index < -0.39 is 13.2 Å². The Kier molecular flexibility index (Phi) is 4.00. The van der Waals surface area contributed by atoms with Crippen LogP contribution in [0.2, 0.25) is 0 Å². The van der Waals surface area contributed by atoms with Crippen LogP contribution in [0.3, 0.4) is 0 Å². The summed E-state index contributed by atoms with van der Waals surface area (Å²) >= 11 is 0. The molecule has 2 aromatic rings. The molecule has 0 saturated carbocycles. The van der Waals surface area contributed by atoms with Gasteiger partial charge in [-0.05, 0) is 6.92 Å². The van der Waals surface area contributed by atoms with Gasteiger partial charge in [0, 0.05) is 16.8 Å². The van der Waals surface area contributed by atoms with Crippen LogP contribution >= 0.6 is 7.14 Å². The maximum atomic E-state index is 13.3. The summed E-state index contributed by atoms with van der Waals surface area (Å²) in [5.74, 6) is 0. The molecular weight excluding hydrogens is 243 g/mol. The average molecular weight is 260 g/mol. The Bertz CT molecular complexity index is 491.